The number of benzene rings is 2. The first-order valence-corrected chi connectivity index (χ1v) is 13.9. The molecule has 0 fully saturated rings. The molecule has 198 valence electrons. The van der Waals surface area contributed by atoms with E-state index in [0.717, 1.165) is 10.6 Å². The van der Waals surface area contributed by atoms with Crippen molar-refractivity contribution in [3.63, 3.8) is 0 Å². The largest absolute Gasteiger partial charge is 0.495 e. The predicted molar refractivity (Wildman–Crippen MR) is 145 cm³/mol. The molecule has 0 saturated carbocycles. The lowest BCUT2D eigenvalue weighted by Gasteiger charge is -2.33. The van der Waals surface area contributed by atoms with E-state index in [1.54, 1.807) is 31.2 Å². The lowest BCUT2D eigenvalue weighted by molar-refractivity contribution is -0.140. The quantitative estimate of drug-likeness (QED) is 0.463. The molecule has 0 aliphatic rings. The van der Waals surface area contributed by atoms with Crippen molar-refractivity contribution in [1.29, 1.82) is 0 Å². The van der Waals surface area contributed by atoms with Crippen molar-refractivity contribution in [1.82, 2.24) is 10.2 Å². The van der Waals surface area contributed by atoms with Crippen LogP contribution in [-0.2, 0) is 26.2 Å². The van der Waals surface area contributed by atoms with Gasteiger partial charge >= 0.3 is 0 Å². The van der Waals surface area contributed by atoms with E-state index in [9.17, 15) is 18.0 Å². The average molecular weight is 579 g/mol. The van der Waals surface area contributed by atoms with Gasteiger partial charge < -0.3 is 15.0 Å². The standard InChI is InChI=1S/C24H30Cl3N3O5S/c1-15(23(32)28-24(2,3)4)29(13-16-7-9-18(26)19(27)11-16)22(31)14-30(36(6,33)34)20-12-17(25)8-10-21(20)35-5/h7-12,15H,13-14H2,1-6H3,(H,28,32)/t15-/m0/s1. The molecule has 1 atom stereocenters. The fourth-order valence-electron chi connectivity index (χ4n) is 3.34. The van der Waals surface area contributed by atoms with Crippen LogP contribution in [0.3, 0.4) is 0 Å². The SMILES string of the molecule is COc1ccc(Cl)cc1N(CC(=O)N(Cc1ccc(Cl)c(Cl)c1)[C@@H](C)C(=O)NC(C)(C)C)S(C)(=O)=O. The van der Waals surface area contributed by atoms with Gasteiger partial charge in [0.25, 0.3) is 0 Å². The average Bonchev–Trinajstić information content (AvgIpc) is 2.75. The van der Waals surface area contributed by atoms with Gasteiger partial charge in [0.15, 0.2) is 0 Å². The second-order valence-corrected chi connectivity index (χ2v) is 12.4. The monoisotopic (exact) mass is 577 g/mol. The number of nitrogens with one attached hydrogen (secondary N) is 1. The van der Waals surface area contributed by atoms with Crippen molar-refractivity contribution in [3.05, 3.63) is 57.0 Å². The van der Waals surface area contributed by atoms with Crippen LogP contribution in [0.5, 0.6) is 5.75 Å². The van der Waals surface area contributed by atoms with Gasteiger partial charge in [-0.3, -0.25) is 13.9 Å². The number of anilines is 1. The van der Waals surface area contributed by atoms with Crippen molar-refractivity contribution in [3.8, 4) is 5.75 Å². The Morgan fingerprint density at radius 1 is 1.06 bits per heavy atom. The Kier molecular flexibility index (Phi) is 9.92. The smallest absolute Gasteiger partial charge is 0.244 e. The Bertz CT molecular complexity index is 1230. The summed E-state index contributed by atoms with van der Waals surface area (Å²) in [5.74, 6) is -0.806. The molecular weight excluding hydrogens is 549 g/mol. The summed E-state index contributed by atoms with van der Waals surface area (Å²) in [5.41, 5.74) is 0.165. The Labute approximate surface area is 227 Å². The molecule has 0 heterocycles. The molecule has 12 heteroatoms. The van der Waals surface area contributed by atoms with Gasteiger partial charge in [-0.2, -0.15) is 0 Å². The molecule has 36 heavy (non-hydrogen) atoms. The molecule has 2 amide bonds. The molecule has 1 N–H and O–H groups in total. The normalized spacial score (nSPS) is 12.6. The Morgan fingerprint density at radius 2 is 1.69 bits per heavy atom. The minimum atomic E-state index is -3.95. The van der Waals surface area contributed by atoms with Crippen LogP contribution in [-0.4, -0.2) is 56.6 Å². The summed E-state index contributed by atoms with van der Waals surface area (Å²) < 4.78 is 31.7. The topological polar surface area (TPSA) is 96.0 Å². The van der Waals surface area contributed by atoms with E-state index < -0.39 is 40.0 Å². The van der Waals surface area contributed by atoms with Crippen LogP contribution in [0, 0.1) is 0 Å². The Balaban J connectivity index is 2.50. The molecule has 0 saturated heterocycles. The first kappa shape index (κ1) is 30.0. The van der Waals surface area contributed by atoms with Gasteiger partial charge in [-0.1, -0.05) is 40.9 Å². The highest BCUT2D eigenvalue weighted by Gasteiger charge is 2.32. The van der Waals surface area contributed by atoms with Crippen molar-refractivity contribution in [2.24, 2.45) is 0 Å². The number of amides is 2. The second kappa shape index (κ2) is 11.9. The van der Waals surface area contributed by atoms with Crippen LogP contribution in [0.4, 0.5) is 5.69 Å². The van der Waals surface area contributed by atoms with Gasteiger partial charge in [0, 0.05) is 17.1 Å². The summed E-state index contributed by atoms with van der Waals surface area (Å²) >= 11 is 18.3. The van der Waals surface area contributed by atoms with Gasteiger partial charge in [-0.15, -0.1) is 0 Å². The number of carbonyl (C=O) groups excluding carboxylic acids is 2. The lowest BCUT2D eigenvalue weighted by Crippen LogP contribution is -2.54. The molecule has 0 unspecified atom stereocenters. The lowest BCUT2D eigenvalue weighted by atomic mass is 10.1. The molecule has 2 aromatic rings. The van der Waals surface area contributed by atoms with E-state index in [4.69, 9.17) is 39.5 Å². The van der Waals surface area contributed by atoms with Crippen LogP contribution in [0.2, 0.25) is 15.1 Å². The first-order valence-electron chi connectivity index (χ1n) is 10.9. The maximum atomic E-state index is 13.6. The minimum Gasteiger partial charge on any atom is -0.495 e. The molecule has 0 aliphatic carbocycles. The Morgan fingerprint density at radius 3 is 2.22 bits per heavy atom. The number of hydrogen-bond donors (Lipinski definition) is 1. The summed E-state index contributed by atoms with van der Waals surface area (Å²) in [6.45, 7) is 6.42. The van der Waals surface area contributed by atoms with Crippen LogP contribution in [0.25, 0.3) is 0 Å². The van der Waals surface area contributed by atoms with E-state index in [2.05, 4.69) is 5.32 Å². The van der Waals surface area contributed by atoms with Crippen molar-refractivity contribution >= 4 is 62.3 Å². The number of methoxy groups -OCH3 is 1. The van der Waals surface area contributed by atoms with Crippen LogP contribution >= 0.6 is 34.8 Å². The zero-order chi connectivity index (χ0) is 27.4. The summed E-state index contributed by atoms with van der Waals surface area (Å²) in [6, 6.07) is 8.36. The molecular formula is C24H30Cl3N3O5S. The molecule has 8 nitrogen and oxygen atoms in total. The van der Waals surface area contributed by atoms with E-state index in [1.807, 2.05) is 20.8 Å². The van der Waals surface area contributed by atoms with E-state index in [1.165, 1.54) is 24.1 Å². The fourth-order valence-corrected chi connectivity index (χ4v) is 4.68. The molecule has 0 spiro atoms. The van der Waals surface area contributed by atoms with Gasteiger partial charge in [-0.25, -0.2) is 8.42 Å². The van der Waals surface area contributed by atoms with Crippen molar-refractivity contribution in [2.45, 2.75) is 45.8 Å². The van der Waals surface area contributed by atoms with Crippen LogP contribution in [0.1, 0.15) is 33.3 Å². The van der Waals surface area contributed by atoms with Gasteiger partial charge in [0.05, 0.1) is 29.1 Å². The number of rotatable bonds is 9. The maximum Gasteiger partial charge on any atom is 0.244 e. The highest BCUT2D eigenvalue weighted by Crippen LogP contribution is 2.33. The minimum absolute atomic E-state index is 0.0151. The van der Waals surface area contributed by atoms with Crippen LogP contribution in [0.15, 0.2) is 36.4 Å². The number of hydrogen-bond acceptors (Lipinski definition) is 5. The third-order valence-electron chi connectivity index (χ3n) is 5.09. The molecule has 0 aromatic heterocycles. The second-order valence-electron chi connectivity index (χ2n) is 9.27. The maximum absolute atomic E-state index is 13.6. The summed E-state index contributed by atoms with van der Waals surface area (Å²) in [6.07, 6.45) is 0.972. The molecule has 0 bridgehead atoms. The van der Waals surface area contributed by atoms with Crippen molar-refractivity contribution < 1.29 is 22.7 Å². The molecule has 2 rings (SSSR count). The number of sulfonamides is 1. The first-order chi connectivity index (χ1) is 16.5. The summed E-state index contributed by atoms with van der Waals surface area (Å²) in [5, 5.41) is 3.74. The third kappa shape index (κ3) is 8.16. The molecule has 0 aliphatic heterocycles. The van der Waals surface area contributed by atoms with E-state index in [0.29, 0.717) is 10.6 Å². The van der Waals surface area contributed by atoms with Crippen LogP contribution < -0.4 is 14.4 Å². The Hall–Kier alpha value is -2.20. The number of halogens is 3. The van der Waals surface area contributed by atoms with Crippen molar-refractivity contribution in [2.75, 3.05) is 24.2 Å². The molecule has 2 aromatic carbocycles. The zero-order valence-corrected chi connectivity index (χ0v) is 24.0. The summed E-state index contributed by atoms with van der Waals surface area (Å²) in [7, 11) is -2.57. The van der Waals surface area contributed by atoms with Gasteiger partial charge in [-0.05, 0) is 63.6 Å². The number of carbonyl (C=O) groups is 2. The zero-order valence-electron chi connectivity index (χ0n) is 20.9. The number of ether oxygens (including phenoxy) is 1. The number of nitrogens with zero attached hydrogens (tertiary/aromatic N) is 2. The fraction of sp³-hybridized carbons (Fsp3) is 0.417. The third-order valence-corrected chi connectivity index (χ3v) is 7.19. The highest BCUT2D eigenvalue weighted by atomic mass is 35.5. The van der Waals surface area contributed by atoms with Gasteiger partial charge in [0.1, 0.15) is 18.3 Å². The predicted octanol–water partition coefficient (Wildman–Crippen LogP) is 4.75. The van der Waals surface area contributed by atoms with Gasteiger partial charge in [0.2, 0.25) is 21.8 Å². The summed E-state index contributed by atoms with van der Waals surface area (Å²) in [4.78, 5) is 27.9. The van der Waals surface area contributed by atoms with E-state index >= 15 is 0 Å². The molecule has 0 radical (unpaired) electrons. The highest BCUT2D eigenvalue weighted by molar-refractivity contribution is 7.92. The van der Waals surface area contributed by atoms with E-state index in [-0.39, 0.29) is 28.0 Å².